The number of nitro groups is 1. The fraction of sp³-hybridized carbons (Fsp3) is 0.154. The van der Waals surface area contributed by atoms with Gasteiger partial charge in [0.05, 0.1) is 10.5 Å². The number of rotatable bonds is 6. The maximum atomic E-state index is 11.0. The van der Waals surface area contributed by atoms with Crippen molar-refractivity contribution >= 4 is 28.7 Å². The molecule has 0 saturated heterocycles. The highest BCUT2D eigenvalue weighted by molar-refractivity contribution is 7.09. The van der Waals surface area contributed by atoms with Crippen molar-refractivity contribution in [3.63, 3.8) is 0 Å². The van der Waals surface area contributed by atoms with Gasteiger partial charge in [0.2, 0.25) is 0 Å². The lowest BCUT2D eigenvalue weighted by molar-refractivity contribution is -0.384. The van der Waals surface area contributed by atoms with Crippen LogP contribution in [0.5, 0.6) is 0 Å². The van der Waals surface area contributed by atoms with Crippen molar-refractivity contribution in [2.24, 2.45) is 0 Å². The second kappa shape index (κ2) is 6.16. The normalized spacial score (nSPS) is 10.2. The molecule has 0 aliphatic heterocycles. The molecule has 2 aromatic rings. The quantitative estimate of drug-likeness (QED) is 0.630. The van der Waals surface area contributed by atoms with Crippen LogP contribution in [0, 0.1) is 10.1 Å². The van der Waals surface area contributed by atoms with E-state index in [2.05, 4.69) is 5.32 Å². The summed E-state index contributed by atoms with van der Waals surface area (Å²) in [6, 6.07) is 7.78. The van der Waals surface area contributed by atoms with E-state index in [4.69, 9.17) is 5.11 Å². The number of aromatic carboxylic acids is 1. The van der Waals surface area contributed by atoms with E-state index in [9.17, 15) is 14.9 Å². The van der Waals surface area contributed by atoms with Gasteiger partial charge in [0.25, 0.3) is 5.69 Å². The largest absolute Gasteiger partial charge is 0.478 e. The molecule has 0 aliphatic rings. The predicted octanol–water partition coefficient (Wildman–Crippen LogP) is 3.01. The molecule has 104 valence electrons. The van der Waals surface area contributed by atoms with Gasteiger partial charge in [-0.25, -0.2) is 4.79 Å². The van der Waals surface area contributed by atoms with E-state index in [0.29, 0.717) is 12.2 Å². The molecule has 0 fully saturated rings. The monoisotopic (exact) mass is 292 g/mol. The number of thiophene rings is 1. The van der Waals surface area contributed by atoms with Gasteiger partial charge in [0.15, 0.2) is 0 Å². The summed E-state index contributed by atoms with van der Waals surface area (Å²) in [5.74, 6) is -1.18. The number of nitrogens with zero attached hydrogens (tertiary/aromatic N) is 1. The number of benzene rings is 1. The molecule has 7 heteroatoms. The van der Waals surface area contributed by atoms with Crippen LogP contribution in [0.2, 0.25) is 0 Å². The fourth-order valence-electron chi connectivity index (χ4n) is 1.74. The maximum absolute atomic E-state index is 11.0. The third-order valence-corrected chi connectivity index (χ3v) is 3.64. The zero-order valence-electron chi connectivity index (χ0n) is 10.4. The molecule has 0 unspecified atom stereocenters. The van der Waals surface area contributed by atoms with Crippen LogP contribution in [0.4, 0.5) is 11.4 Å². The second-order valence-corrected chi connectivity index (χ2v) is 5.08. The zero-order chi connectivity index (χ0) is 14.5. The van der Waals surface area contributed by atoms with Gasteiger partial charge in [0.1, 0.15) is 5.69 Å². The van der Waals surface area contributed by atoms with Gasteiger partial charge in [-0.15, -0.1) is 11.3 Å². The smallest absolute Gasteiger partial charge is 0.335 e. The van der Waals surface area contributed by atoms with Crippen molar-refractivity contribution in [1.29, 1.82) is 0 Å². The van der Waals surface area contributed by atoms with E-state index in [1.165, 1.54) is 17.0 Å². The molecule has 0 amide bonds. The van der Waals surface area contributed by atoms with Crippen molar-refractivity contribution in [2.75, 3.05) is 11.9 Å². The zero-order valence-corrected chi connectivity index (χ0v) is 11.2. The van der Waals surface area contributed by atoms with E-state index in [1.807, 2.05) is 17.5 Å². The summed E-state index contributed by atoms with van der Waals surface area (Å²) in [4.78, 5) is 22.4. The van der Waals surface area contributed by atoms with Crippen molar-refractivity contribution in [3.05, 3.63) is 56.3 Å². The number of carbonyl (C=O) groups is 1. The van der Waals surface area contributed by atoms with E-state index in [0.717, 1.165) is 12.5 Å². The number of carboxylic acids is 1. The van der Waals surface area contributed by atoms with Crippen LogP contribution in [0.15, 0.2) is 35.7 Å². The molecule has 6 nitrogen and oxygen atoms in total. The number of hydrogen-bond acceptors (Lipinski definition) is 5. The van der Waals surface area contributed by atoms with Crippen LogP contribution in [0.1, 0.15) is 15.2 Å². The Morgan fingerprint density at radius 2 is 2.20 bits per heavy atom. The summed E-state index contributed by atoms with van der Waals surface area (Å²) >= 11 is 1.62. The highest BCUT2D eigenvalue weighted by atomic mass is 32.1. The van der Waals surface area contributed by atoms with Crippen LogP contribution >= 0.6 is 11.3 Å². The standard InChI is InChI=1S/C13H12N2O4S/c16-13(17)9-3-4-11(12(8-9)15(18)19)14-6-5-10-2-1-7-20-10/h1-4,7-8,14H,5-6H2,(H,16,17). The summed E-state index contributed by atoms with van der Waals surface area (Å²) < 4.78 is 0. The lowest BCUT2D eigenvalue weighted by atomic mass is 10.1. The first kappa shape index (κ1) is 14.0. The second-order valence-electron chi connectivity index (χ2n) is 4.05. The average Bonchev–Trinajstić information content (AvgIpc) is 2.91. The Morgan fingerprint density at radius 1 is 1.40 bits per heavy atom. The van der Waals surface area contributed by atoms with Gasteiger partial charge in [-0.3, -0.25) is 10.1 Å². The Labute approximate surface area is 118 Å². The van der Waals surface area contributed by atoms with Crippen molar-refractivity contribution in [3.8, 4) is 0 Å². The summed E-state index contributed by atoms with van der Waals surface area (Å²) in [5, 5.41) is 24.7. The molecule has 20 heavy (non-hydrogen) atoms. The first-order chi connectivity index (χ1) is 9.58. The molecule has 1 aromatic carbocycles. The van der Waals surface area contributed by atoms with Crippen LogP contribution in [-0.4, -0.2) is 22.5 Å². The van der Waals surface area contributed by atoms with E-state index >= 15 is 0 Å². The molecule has 1 aromatic heterocycles. The fourth-order valence-corrected chi connectivity index (χ4v) is 2.45. The Morgan fingerprint density at radius 3 is 2.80 bits per heavy atom. The van der Waals surface area contributed by atoms with Crippen LogP contribution in [0.3, 0.4) is 0 Å². The summed E-state index contributed by atoms with van der Waals surface area (Å²) in [7, 11) is 0. The van der Waals surface area contributed by atoms with E-state index in [-0.39, 0.29) is 11.3 Å². The first-order valence-electron chi connectivity index (χ1n) is 5.86. The predicted molar refractivity (Wildman–Crippen MR) is 76.6 cm³/mol. The minimum Gasteiger partial charge on any atom is -0.478 e. The van der Waals surface area contributed by atoms with Crippen molar-refractivity contribution < 1.29 is 14.8 Å². The van der Waals surface area contributed by atoms with Gasteiger partial charge in [-0.05, 0) is 30.0 Å². The number of nitro benzene ring substituents is 1. The molecule has 0 saturated carbocycles. The number of hydrogen-bond donors (Lipinski definition) is 2. The van der Waals surface area contributed by atoms with E-state index in [1.54, 1.807) is 11.3 Å². The summed E-state index contributed by atoms with van der Waals surface area (Å²) in [6.45, 7) is 0.549. The average molecular weight is 292 g/mol. The van der Waals surface area contributed by atoms with Gasteiger partial charge in [0, 0.05) is 17.5 Å². The van der Waals surface area contributed by atoms with Gasteiger partial charge in [-0.1, -0.05) is 6.07 Å². The minimum atomic E-state index is -1.18. The Bertz CT molecular complexity index is 625. The third kappa shape index (κ3) is 3.33. The molecule has 1 heterocycles. The van der Waals surface area contributed by atoms with Crippen LogP contribution in [-0.2, 0) is 6.42 Å². The van der Waals surface area contributed by atoms with E-state index < -0.39 is 10.9 Å². The summed E-state index contributed by atoms with van der Waals surface area (Å²) in [6.07, 6.45) is 0.759. The molecular weight excluding hydrogens is 280 g/mol. The molecular formula is C13H12N2O4S. The Hall–Kier alpha value is -2.41. The molecule has 0 aliphatic carbocycles. The lowest BCUT2D eigenvalue weighted by Gasteiger charge is -2.07. The highest BCUT2D eigenvalue weighted by Gasteiger charge is 2.16. The molecule has 0 atom stereocenters. The number of nitrogens with one attached hydrogen (secondary N) is 1. The molecule has 0 bridgehead atoms. The maximum Gasteiger partial charge on any atom is 0.335 e. The van der Waals surface area contributed by atoms with Crippen molar-refractivity contribution in [2.45, 2.75) is 6.42 Å². The topological polar surface area (TPSA) is 92.5 Å². The lowest BCUT2D eigenvalue weighted by Crippen LogP contribution is -2.07. The molecule has 0 radical (unpaired) electrons. The Balaban J connectivity index is 2.10. The van der Waals surface area contributed by atoms with Gasteiger partial charge >= 0.3 is 5.97 Å². The molecule has 2 N–H and O–H groups in total. The molecule has 2 rings (SSSR count). The SMILES string of the molecule is O=C(O)c1ccc(NCCc2cccs2)c([N+](=O)[O-])c1. The number of anilines is 1. The van der Waals surface area contributed by atoms with Crippen molar-refractivity contribution in [1.82, 2.24) is 0 Å². The van der Waals surface area contributed by atoms with Crippen LogP contribution in [0.25, 0.3) is 0 Å². The third-order valence-electron chi connectivity index (χ3n) is 2.71. The van der Waals surface area contributed by atoms with Gasteiger partial charge < -0.3 is 10.4 Å². The molecule has 0 spiro atoms. The van der Waals surface area contributed by atoms with Crippen LogP contribution < -0.4 is 5.32 Å². The van der Waals surface area contributed by atoms with Gasteiger partial charge in [-0.2, -0.15) is 0 Å². The number of carboxylic acid groups (broad SMARTS) is 1. The summed E-state index contributed by atoms with van der Waals surface area (Å²) in [5.41, 5.74) is 0.00754. The highest BCUT2D eigenvalue weighted by Crippen LogP contribution is 2.25. The Kier molecular flexibility index (Phi) is 4.31. The first-order valence-corrected chi connectivity index (χ1v) is 6.74. The minimum absolute atomic E-state index is 0.0968.